The van der Waals surface area contributed by atoms with Crippen molar-refractivity contribution in [1.29, 1.82) is 5.26 Å². The Kier molecular flexibility index (Phi) is 4.61. The number of aliphatic hydroxyl groups is 1. The molecular formula is C21H20N4O2. The maximum atomic E-state index is 9.83. The number of anilines is 1. The number of nitriles is 1. The van der Waals surface area contributed by atoms with E-state index in [0.29, 0.717) is 24.5 Å². The maximum absolute atomic E-state index is 9.83. The predicted molar refractivity (Wildman–Crippen MR) is 103 cm³/mol. The lowest BCUT2D eigenvalue weighted by Crippen LogP contribution is -2.23. The van der Waals surface area contributed by atoms with Gasteiger partial charge in [-0.05, 0) is 43.2 Å². The molecule has 1 atom stereocenters. The molecule has 0 bridgehead atoms. The van der Waals surface area contributed by atoms with E-state index in [9.17, 15) is 5.11 Å². The van der Waals surface area contributed by atoms with Crippen LogP contribution in [-0.4, -0.2) is 34.3 Å². The summed E-state index contributed by atoms with van der Waals surface area (Å²) in [6.45, 7) is 3.69. The van der Waals surface area contributed by atoms with E-state index in [0.717, 1.165) is 41.0 Å². The lowest BCUT2D eigenvalue weighted by atomic mass is 10.1. The molecule has 2 heterocycles. The zero-order chi connectivity index (χ0) is 18.8. The van der Waals surface area contributed by atoms with Gasteiger partial charge in [-0.2, -0.15) is 5.26 Å². The average Bonchev–Trinajstić information content (AvgIpc) is 3.12. The van der Waals surface area contributed by atoms with E-state index in [1.807, 2.05) is 37.3 Å². The van der Waals surface area contributed by atoms with E-state index in [1.54, 1.807) is 12.1 Å². The summed E-state index contributed by atoms with van der Waals surface area (Å²) in [6, 6.07) is 15.3. The third kappa shape index (κ3) is 3.69. The number of β-amino-alcohol motifs (C(OH)–C–C–N with tert-alkyl or cyclic N) is 1. The Morgan fingerprint density at radius 3 is 2.74 bits per heavy atom. The second-order valence-electron chi connectivity index (χ2n) is 6.76. The topological polar surface area (TPSA) is 82.3 Å². The zero-order valence-corrected chi connectivity index (χ0v) is 15.1. The summed E-state index contributed by atoms with van der Waals surface area (Å²) in [5.41, 5.74) is 2.46. The van der Waals surface area contributed by atoms with Gasteiger partial charge in [-0.15, -0.1) is 0 Å². The van der Waals surface area contributed by atoms with Crippen LogP contribution in [0.3, 0.4) is 0 Å². The van der Waals surface area contributed by atoms with Crippen molar-refractivity contribution < 1.29 is 9.84 Å². The monoisotopic (exact) mass is 360 g/mol. The molecule has 4 rings (SSSR count). The quantitative estimate of drug-likeness (QED) is 0.770. The molecule has 1 aliphatic rings. The van der Waals surface area contributed by atoms with Gasteiger partial charge in [0.05, 0.1) is 23.3 Å². The standard InChI is InChI=1S/C21H20N4O2/c1-14-23-20-10-18(27-13-16-4-2-15(11-22)3-5-16)6-7-19(20)21(24-14)25-9-8-17(26)12-25/h2-7,10,17,26H,8-9,12-13H2,1H3/t17-/m0/s1. The van der Waals surface area contributed by atoms with Crippen molar-refractivity contribution in [2.45, 2.75) is 26.1 Å². The van der Waals surface area contributed by atoms with Crippen LogP contribution in [0.15, 0.2) is 42.5 Å². The van der Waals surface area contributed by atoms with E-state index in [1.165, 1.54) is 0 Å². The third-order valence-corrected chi connectivity index (χ3v) is 4.71. The Morgan fingerprint density at radius 2 is 2.04 bits per heavy atom. The smallest absolute Gasteiger partial charge is 0.140 e. The summed E-state index contributed by atoms with van der Waals surface area (Å²) >= 11 is 0. The minimum Gasteiger partial charge on any atom is -0.489 e. The number of ether oxygens (including phenoxy) is 1. The molecule has 0 unspecified atom stereocenters. The molecule has 27 heavy (non-hydrogen) atoms. The highest BCUT2D eigenvalue weighted by atomic mass is 16.5. The van der Waals surface area contributed by atoms with Crippen LogP contribution >= 0.6 is 0 Å². The average molecular weight is 360 g/mol. The van der Waals surface area contributed by atoms with Gasteiger partial charge in [0, 0.05) is 24.5 Å². The molecule has 6 nitrogen and oxygen atoms in total. The Bertz CT molecular complexity index is 1010. The highest BCUT2D eigenvalue weighted by Crippen LogP contribution is 2.29. The van der Waals surface area contributed by atoms with E-state index in [2.05, 4.69) is 20.9 Å². The first kappa shape index (κ1) is 17.3. The van der Waals surface area contributed by atoms with Crippen LogP contribution in [0.1, 0.15) is 23.4 Å². The molecular weight excluding hydrogens is 340 g/mol. The molecule has 0 amide bonds. The first-order chi connectivity index (χ1) is 13.1. The Labute approximate surface area is 157 Å². The summed E-state index contributed by atoms with van der Waals surface area (Å²) in [5.74, 6) is 2.30. The van der Waals surface area contributed by atoms with Crippen molar-refractivity contribution in [2.24, 2.45) is 0 Å². The molecule has 1 fully saturated rings. The van der Waals surface area contributed by atoms with Crippen LogP contribution in [-0.2, 0) is 6.61 Å². The number of hydrogen-bond donors (Lipinski definition) is 1. The highest BCUT2D eigenvalue weighted by Gasteiger charge is 2.23. The Hall–Kier alpha value is -3.17. The number of fused-ring (bicyclic) bond motifs is 1. The summed E-state index contributed by atoms with van der Waals surface area (Å²) < 4.78 is 5.90. The van der Waals surface area contributed by atoms with Crippen LogP contribution in [0, 0.1) is 18.3 Å². The second kappa shape index (κ2) is 7.22. The molecule has 1 saturated heterocycles. The summed E-state index contributed by atoms with van der Waals surface area (Å²) in [6.07, 6.45) is 0.460. The predicted octanol–water partition coefficient (Wildman–Crippen LogP) is 2.96. The van der Waals surface area contributed by atoms with Crippen LogP contribution < -0.4 is 9.64 Å². The van der Waals surface area contributed by atoms with Gasteiger partial charge in [0.1, 0.15) is 24.0 Å². The molecule has 0 radical (unpaired) electrons. The number of aromatic nitrogens is 2. The normalized spacial score (nSPS) is 16.5. The Morgan fingerprint density at radius 1 is 1.22 bits per heavy atom. The fraction of sp³-hybridized carbons (Fsp3) is 0.286. The highest BCUT2D eigenvalue weighted by molar-refractivity contribution is 5.90. The fourth-order valence-corrected chi connectivity index (χ4v) is 3.31. The van der Waals surface area contributed by atoms with Gasteiger partial charge in [0.2, 0.25) is 0 Å². The zero-order valence-electron chi connectivity index (χ0n) is 15.1. The van der Waals surface area contributed by atoms with Gasteiger partial charge in [-0.25, -0.2) is 9.97 Å². The van der Waals surface area contributed by atoms with Crippen molar-refractivity contribution in [3.8, 4) is 11.8 Å². The molecule has 2 aromatic carbocycles. The SMILES string of the molecule is Cc1nc(N2CC[C@H](O)C2)c2ccc(OCc3ccc(C#N)cc3)cc2n1. The van der Waals surface area contributed by atoms with Gasteiger partial charge in [0.25, 0.3) is 0 Å². The lowest BCUT2D eigenvalue weighted by Gasteiger charge is -2.19. The van der Waals surface area contributed by atoms with Gasteiger partial charge in [-0.3, -0.25) is 0 Å². The van der Waals surface area contributed by atoms with Gasteiger partial charge in [-0.1, -0.05) is 12.1 Å². The number of aliphatic hydroxyl groups excluding tert-OH is 1. The van der Waals surface area contributed by atoms with Crippen molar-refractivity contribution in [2.75, 3.05) is 18.0 Å². The molecule has 6 heteroatoms. The molecule has 0 saturated carbocycles. The van der Waals surface area contributed by atoms with E-state index >= 15 is 0 Å². The van der Waals surface area contributed by atoms with Crippen molar-refractivity contribution >= 4 is 16.7 Å². The Balaban J connectivity index is 1.57. The van der Waals surface area contributed by atoms with E-state index < -0.39 is 0 Å². The van der Waals surface area contributed by atoms with Crippen LogP contribution in [0.5, 0.6) is 5.75 Å². The van der Waals surface area contributed by atoms with E-state index in [-0.39, 0.29) is 6.10 Å². The molecule has 1 aromatic heterocycles. The number of aryl methyl sites for hydroxylation is 1. The molecule has 3 aromatic rings. The third-order valence-electron chi connectivity index (χ3n) is 4.71. The first-order valence-corrected chi connectivity index (χ1v) is 8.95. The van der Waals surface area contributed by atoms with Gasteiger partial charge >= 0.3 is 0 Å². The van der Waals surface area contributed by atoms with E-state index in [4.69, 9.17) is 10.00 Å². The molecule has 136 valence electrons. The van der Waals surface area contributed by atoms with Crippen LogP contribution in [0.2, 0.25) is 0 Å². The first-order valence-electron chi connectivity index (χ1n) is 8.95. The summed E-state index contributed by atoms with van der Waals surface area (Å²) in [4.78, 5) is 11.3. The van der Waals surface area contributed by atoms with Crippen LogP contribution in [0.25, 0.3) is 10.9 Å². The summed E-state index contributed by atoms with van der Waals surface area (Å²) in [5, 5.41) is 19.7. The summed E-state index contributed by atoms with van der Waals surface area (Å²) in [7, 11) is 0. The number of rotatable bonds is 4. The number of benzene rings is 2. The van der Waals surface area contributed by atoms with Crippen molar-refractivity contribution in [3.05, 3.63) is 59.4 Å². The molecule has 0 spiro atoms. The number of hydrogen-bond acceptors (Lipinski definition) is 6. The van der Waals surface area contributed by atoms with Crippen LogP contribution in [0.4, 0.5) is 5.82 Å². The van der Waals surface area contributed by atoms with Gasteiger partial charge < -0.3 is 14.7 Å². The minimum atomic E-state index is -0.301. The second-order valence-corrected chi connectivity index (χ2v) is 6.76. The fourth-order valence-electron chi connectivity index (χ4n) is 3.31. The molecule has 1 N–H and O–H groups in total. The molecule has 0 aliphatic carbocycles. The lowest BCUT2D eigenvalue weighted by molar-refractivity contribution is 0.198. The molecule has 1 aliphatic heterocycles. The number of nitrogens with zero attached hydrogens (tertiary/aromatic N) is 4. The van der Waals surface area contributed by atoms with Gasteiger partial charge in [0.15, 0.2) is 0 Å². The minimum absolute atomic E-state index is 0.301. The van der Waals surface area contributed by atoms with Crippen molar-refractivity contribution in [3.63, 3.8) is 0 Å². The largest absolute Gasteiger partial charge is 0.489 e. The van der Waals surface area contributed by atoms with Crippen molar-refractivity contribution in [1.82, 2.24) is 9.97 Å². The maximum Gasteiger partial charge on any atom is 0.140 e.